The smallest absolute Gasteiger partial charge is 0.191 e. The van der Waals surface area contributed by atoms with Gasteiger partial charge in [0.1, 0.15) is 0 Å². The summed E-state index contributed by atoms with van der Waals surface area (Å²) in [4.78, 5) is 7.08. The first-order valence-corrected chi connectivity index (χ1v) is 9.70. The van der Waals surface area contributed by atoms with Gasteiger partial charge in [0.2, 0.25) is 0 Å². The van der Waals surface area contributed by atoms with Gasteiger partial charge in [-0.2, -0.15) is 0 Å². The minimum atomic E-state index is -0.626. The summed E-state index contributed by atoms with van der Waals surface area (Å²) in [5, 5.41) is 17.8. The Bertz CT molecular complexity index is 527. The molecule has 140 valence electrons. The molecule has 0 radical (unpaired) electrons. The van der Waals surface area contributed by atoms with E-state index in [1.54, 1.807) is 12.1 Å². The molecule has 1 fully saturated rings. The Labute approximate surface area is 156 Å². The van der Waals surface area contributed by atoms with Crippen LogP contribution in [0.3, 0.4) is 0 Å². The maximum absolute atomic E-state index is 10.3. The lowest BCUT2D eigenvalue weighted by Crippen LogP contribution is -2.48. The van der Waals surface area contributed by atoms with Gasteiger partial charge in [0.05, 0.1) is 12.6 Å². The molecule has 0 spiro atoms. The van der Waals surface area contributed by atoms with E-state index in [2.05, 4.69) is 34.4 Å². The molecule has 0 aromatic heterocycles. The van der Waals surface area contributed by atoms with Gasteiger partial charge < -0.3 is 20.6 Å². The molecule has 0 saturated carbocycles. The van der Waals surface area contributed by atoms with Crippen molar-refractivity contribution in [3.63, 3.8) is 0 Å². The topological polar surface area (TPSA) is 59.9 Å². The third kappa shape index (κ3) is 6.84. The Morgan fingerprint density at radius 1 is 1.28 bits per heavy atom. The normalized spacial score (nSPS) is 18.2. The molecule has 3 N–H and O–H groups in total. The second-order valence-electron chi connectivity index (χ2n) is 6.55. The highest BCUT2D eigenvalue weighted by Gasteiger charge is 2.19. The summed E-state index contributed by atoms with van der Waals surface area (Å²) >= 11 is 5.89. The van der Waals surface area contributed by atoms with E-state index in [0.717, 1.165) is 44.0 Å². The van der Waals surface area contributed by atoms with Crippen molar-refractivity contribution < 1.29 is 5.11 Å². The number of aliphatic hydroxyl groups excluding tert-OH is 1. The molecule has 1 aromatic carbocycles. The van der Waals surface area contributed by atoms with Gasteiger partial charge in [0.25, 0.3) is 0 Å². The van der Waals surface area contributed by atoms with Crippen LogP contribution in [0.1, 0.15) is 44.8 Å². The molecule has 1 heterocycles. The van der Waals surface area contributed by atoms with E-state index < -0.39 is 6.10 Å². The van der Waals surface area contributed by atoms with Crippen molar-refractivity contribution in [2.24, 2.45) is 4.99 Å². The highest BCUT2D eigenvalue weighted by molar-refractivity contribution is 6.30. The van der Waals surface area contributed by atoms with Gasteiger partial charge in [-0.1, -0.05) is 30.7 Å². The van der Waals surface area contributed by atoms with Crippen LogP contribution in [0.2, 0.25) is 5.02 Å². The zero-order valence-corrected chi connectivity index (χ0v) is 16.1. The summed E-state index contributed by atoms with van der Waals surface area (Å²) in [6, 6.07) is 7.70. The van der Waals surface area contributed by atoms with Crippen LogP contribution in [-0.2, 0) is 0 Å². The molecule has 6 heteroatoms. The number of nitrogens with zero attached hydrogens (tertiary/aromatic N) is 2. The van der Waals surface area contributed by atoms with Gasteiger partial charge in [-0.05, 0) is 50.4 Å². The molecule has 1 unspecified atom stereocenters. The SMILES string of the molecule is CCCN1CCC(NC(=NCC(O)c2ccc(Cl)cc2)NCC)CC1. The quantitative estimate of drug-likeness (QED) is 0.513. The fourth-order valence-electron chi connectivity index (χ4n) is 3.10. The van der Waals surface area contributed by atoms with Crippen molar-refractivity contribution >= 4 is 17.6 Å². The van der Waals surface area contributed by atoms with E-state index in [1.807, 2.05) is 12.1 Å². The van der Waals surface area contributed by atoms with Gasteiger partial charge >= 0.3 is 0 Å². The standard InChI is InChI=1S/C19H31ClN4O/c1-3-11-24-12-9-17(10-13-24)23-19(21-4-2)22-14-18(25)15-5-7-16(20)8-6-15/h5-8,17-18,25H,3-4,9-14H2,1-2H3,(H2,21,22,23). The van der Waals surface area contributed by atoms with Crippen molar-refractivity contribution in [1.82, 2.24) is 15.5 Å². The number of likely N-dealkylation sites (tertiary alicyclic amines) is 1. The van der Waals surface area contributed by atoms with Gasteiger partial charge in [0.15, 0.2) is 5.96 Å². The van der Waals surface area contributed by atoms with Gasteiger partial charge in [-0.3, -0.25) is 4.99 Å². The summed E-state index contributed by atoms with van der Waals surface area (Å²) in [7, 11) is 0. The number of aliphatic hydroxyl groups is 1. The highest BCUT2D eigenvalue weighted by Crippen LogP contribution is 2.16. The third-order valence-corrected chi connectivity index (χ3v) is 4.74. The van der Waals surface area contributed by atoms with Crippen molar-refractivity contribution in [3.8, 4) is 0 Å². The third-order valence-electron chi connectivity index (χ3n) is 4.49. The summed E-state index contributed by atoms with van der Waals surface area (Å²) in [6.45, 7) is 8.87. The number of benzene rings is 1. The van der Waals surface area contributed by atoms with Crippen LogP contribution in [0.25, 0.3) is 0 Å². The second kappa shape index (κ2) is 10.6. The maximum Gasteiger partial charge on any atom is 0.191 e. The first-order valence-electron chi connectivity index (χ1n) is 9.33. The van der Waals surface area contributed by atoms with Crippen molar-refractivity contribution in [1.29, 1.82) is 0 Å². The van der Waals surface area contributed by atoms with E-state index in [1.165, 1.54) is 13.0 Å². The van der Waals surface area contributed by atoms with Crippen molar-refractivity contribution in [3.05, 3.63) is 34.9 Å². The van der Waals surface area contributed by atoms with Crippen LogP contribution in [0, 0.1) is 0 Å². The number of nitrogens with one attached hydrogen (secondary N) is 2. The Kier molecular flexibility index (Phi) is 8.52. The van der Waals surface area contributed by atoms with Crippen LogP contribution in [0.5, 0.6) is 0 Å². The van der Waals surface area contributed by atoms with Gasteiger partial charge in [-0.25, -0.2) is 0 Å². The molecule has 1 aliphatic rings. The van der Waals surface area contributed by atoms with Crippen LogP contribution < -0.4 is 10.6 Å². The van der Waals surface area contributed by atoms with Crippen molar-refractivity contribution in [2.75, 3.05) is 32.7 Å². The molecule has 0 amide bonds. The van der Waals surface area contributed by atoms with E-state index >= 15 is 0 Å². The number of piperidine rings is 1. The van der Waals surface area contributed by atoms with E-state index in [0.29, 0.717) is 17.6 Å². The first-order chi connectivity index (χ1) is 12.1. The number of guanidine groups is 1. The molecule has 25 heavy (non-hydrogen) atoms. The Morgan fingerprint density at radius 3 is 2.56 bits per heavy atom. The van der Waals surface area contributed by atoms with Crippen LogP contribution in [0.15, 0.2) is 29.3 Å². The number of hydrogen-bond acceptors (Lipinski definition) is 3. The Morgan fingerprint density at radius 2 is 1.96 bits per heavy atom. The van der Waals surface area contributed by atoms with E-state index in [4.69, 9.17) is 11.6 Å². The molecule has 0 aliphatic carbocycles. The summed E-state index contributed by atoms with van der Waals surface area (Å²) in [5.74, 6) is 0.782. The predicted octanol–water partition coefficient (Wildman–Crippen LogP) is 2.80. The number of halogens is 1. The molecular weight excluding hydrogens is 336 g/mol. The fourth-order valence-corrected chi connectivity index (χ4v) is 3.22. The Hall–Kier alpha value is -1.30. The number of aliphatic imine (C=N–C) groups is 1. The molecule has 2 rings (SSSR count). The summed E-state index contributed by atoms with van der Waals surface area (Å²) in [5.41, 5.74) is 0.830. The summed E-state index contributed by atoms with van der Waals surface area (Å²) < 4.78 is 0. The zero-order chi connectivity index (χ0) is 18.1. The van der Waals surface area contributed by atoms with Crippen LogP contribution in [-0.4, -0.2) is 54.7 Å². The lowest BCUT2D eigenvalue weighted by Gasteiger charge is -2.32. The molecule has 5 nitrogen and oxygen atoms in total. The summed E-state index contributed by atoms with van der Waals surface area (Å²) in [6.07, 6.45) is 2.85. The minimum Gasteiger partial charge on any atom is -0.386 e. The molecular formula is C19H31ClN4O. The zero-order valence-electron chi connectivity index (χ0n) is 15.3. The second-order valence-corrected chi connectivity index (χ2v) is 6.98. The fraction of sp³-hybridized carbons (Fsp3) is 0.632. The lowest BCUT2D eigenvalue weighted by atomic mass is 10.1. The lowest BCUT2D eigenvalue weighted by molar-refractivity contribution is 0.186. The monoisotopic (exact) mass is 366 g/mol. The average molecular weight is 367 g/mol. The largest absolute Gasteiger partial charge is 0.386 e. The van der Waals surface area contributed by atoms with E-state index in [-0.39, 0.29) is 0 Å². The maximum atomic E-state index is 10.3. The van der Waals surface area contributed by atoms with Gasteiger partial charge in [0, 0.05) is 30.7 Å². The molecule has 1 aromatic rings. The molecule has 0 bridgehead atoms. The molecule has 1 aliphatic heterocycles. The molecule has 1 atom stereocenters. The first kappa shape index (κ1) is 20.0. The number of rotatable bonds is 7. The predicted molar refractivity (Wildman–Crippen MR) is 105 cm³/mol. The Balaban J connectivity index is 1.86. The minimum absolute atomic E-state index is 0.325. The number of hydrogen-bond donors (Lipinski definition) is 3. The average Bonchev–Trinajstić information content (AvgIpc) is 2.62. The van der Waals surface area contributed by atoms with Gasteiger partial charge in [-0.15, -0.1) is 0 Å². The molecule has 1 saturated heterocycles. The van der Waals surface area contributed by atoms with Crippen LogP contribution >= 0.6 is 11.6 Å². The van der Waals surface area contributed by atoms with E-state index in [9.17, 15) is 5.11 Å². The van der Waals surface area contributed by atoms with Crippen LogP contribution in [0.4, 0.5) is 0 Å². The highest BCUT2D eigenvalue weighted by atomic mass is 35.5. The van der Waals surface area contributed by atoms with Crippen molar-refractivity contribution in [2.45, 2.75) is 45.3 Å².